The maximum Gasteiger partial charge on any atom is 0.332 e. The molecule has 198 valence electrons. The third-order valence-electron chi connectivity index (χ3n) is 5.63. The van der Waals surface area contributed by atoms with E-state index < -0.39 is 17.9 Å². The van der Waals surface area contributed by atoms with Crippen molar-refractivity contribution < 1.29 is 9.59 Å². The fraction of sp³-hybridized carbons (Fsp3) is 0.304. The Morgan fingerprint density at radius 1 is 1.00 bits per heavy atom. The number of rotatable bonds is 12. The van der Waals surface area contributed by atoms with Crippen LogP contribution in [0.3, 0.4) is 0 Å². The molecule has 0 saturated heterocycles. The Morgan fingerprint density at radius 2 is 1.76 bits per heavy atom. The quantitative estimate of drug-likeness (QED) is 0.135. The van der Waals surface area contributed by atoms with Crippen LogP contribution in [0, 0.1) is 9.81 Å². The van der Waals surface area contributed by atoms with Crippen LogP contribution in [0.1, 0.15) is 5.56 Å². The Morgan fingerprint density at radius 3 is 2.47 bits per heavy atom. The zero-order chi connectivity index (χ0) is 27.3. The van der Waals surface area contributed by atoms with Crippen LogP contribution in [0.15, 0.2) is 103 Å². The van der Waals surface area contributed by atoms with Gasteiger partial charge in [-0.1, -0.05) is 41.7 Å². The molecule has 2 aliphatic rings. The first-order valence-corrected chi connectivity index (χ1v) is 11.5. The van der Waals surface area contributed by atoms with Crippen LogP contribution in [0.5, 0.6) is 0 Å². The summed E-state index contributed by atoms with van der Waals surface area (Å²) in [5.74, 6) is 9.80. The van der Waals surface area contributed by atoms with E-state index in [1.54, 1.807) is 41.4 Å². The van der Waals surface area contributed by atoms with E-state index in [1.165, 1.54) is 12.2 Å². The van der Waals surface area contributed by atoms with Crippen LogP contribution in [0.25, 0.3) is 0 Å². The number of hydrazine groups is 1. The van der Waals surface area contributed by atoms with Crippen LogP contribution in [0.4, 0.5) is 5.69 Å². The Hall–Kier alpha value is -4.76. The summed E-state index contributed by atoms with van der Waals surface area (Å²) in [5, 5.41) is 27.8. The summed E-state index contributed by atoms with van der Waals surface area (Å²) in [5.41, 5.74) is 2.27. The average Bonchev–Trinajstić information content (AvgIpc) is 2.95. The third kappa shape index (κ3) is 8.14. The number of hydrogen-bond acceptors (Lipinski definition) is 12. The average molecular weight is 522 g/mol. The van der Waals surface area contributed by atoms with E-state index >= 15 is 0 Å². The molecule has 2 amide bonds. The minimum Gasteiger partial charge on any atom is -0.373 e. The van der Waals surface area contributed by atoms with Gasteiger partial charge in [-0.25, -0.2) is 5.01 Å². The fourth-order valence-electron chi connectivity index (χ4n) is 3.70. The molecule has 15 heteroatoms. The number of azo groups is 1. The second-order valence-electron chi connectivity index (χ2n) is 8.30. The van der Waals surface area contributed by atoms with Gasteiger partial charge in [0.1, 0.15) is 11.7 Å². The molecule has 0 bridgehead atoms. The molecule has 2 heterocycles. The summed E-state index contributed by atoms with van der Waals surface area (Å²) in [6.07, 6.45) is 10.3. The first-order valence-electron chi connectivity index (χ1n) is 11.5. The van der Waals surface area contributed by atoms with Gasteiger partial charge in [0.25, 0.3) is 0 Å². The summed E-state index contributed by atoms with van der Waals surface area (Å²) in [4.78, 5) is 44.3. The van der Waals surface area contributed by atoms with Crippen molar-refractivity contribution in [3.05, 3.63) is 87.5 Å². The highest BCUT2D eigenvalue weighted by molar-refractivity contribution is 5.94. The number of carbonyl (C=O) groups is 2. The van der Waals surface area contributed by atoms with E-state index in [2.05, 4.69) is 41.6 Å². The highest BCUT2D eigenvalue weighted by Crippen LogP contribution is 2.16. The van der Waals surface area contributed by atoms with Crippen molar-refractivity contribution in [2.75, 3.05) is 19.6 Å². The molecular weight excluding hydrogens is 494 g/mol. The second-order valence-corrected chi connectivity index (χ2v) is 8.30. The topological polar surface area (TPSA) is 222 Å². The molecule has 0 aliphatic carbocycles. The molecule has 6 N–H and O–H groups in total. The predicted octanol–water partition coefficient (Wildman–Crippen LogP) is 1.59. The largest absolute Gasteiger partial charge is 0.373 e. The number of nitrogens with two attached hydrogens (primary N) is 2. The second kappa shape index (κ2) is 14.1. The van der Waals surface area contributed by atoms with Crippen molar-refractivity contribution in [2.45, 2.75) is 24.5 Å². The Bertz CT molecular complexity index is 1200. The molecule has 3 rings (SSSR count). The lowest BCUT2D eigenvalue weighted by atomic mass is 10.0. The van der Waals surface area contributed by atoms with Gasteiger partial charge < -0.3 is 16.5 Å². The molecule has 0 aromatic heterocycles. The number of dihydropyridines is 2. The maximum absolute atomic E-state index is 11.7. The summed E-state index contributed by atoms with van der Waals surface area (Å²) < 4.78 is 0. The van der Waals surface area contributed by atoms with E-state index in [4.69, 9.17) is 11.7 Å². The highest BCUT2D eigenvalue weighted by atomic mass is 16.3. The maximum atomic E-state index is 11.7. The molecule has 0 fully saturated rings. The minimum atomic E-state index is -0.887. The molecule has 0 saturated carbocycles. The number of nitroso groups, excluding NO2 is 2. The summed E-state index contributed by atoms with van der Waals surface area (Å²) in [6, 6.07) is 5.80. The van der Waals surface area contributed by atoms with E-state index in [0.29, 0.717) is 17.8 Å². The van der Waals surface area contributed by atoms with Gasteiger partial charge >= 0.3 is 11.8 Å². The van der Waals surface area contributed by atoms with E-state index in [-0.39, 0.29) is 37.4 Å². The third-order valence-corrected chi connectivity index (χ3v) is 5.63. The fourth-order valence-corrected chi connectivity index (χ4v) is 3.70. The Balaban J connectivity index is 1.65. The van der Waals surface area contributed by atoms with Crippen molar-refractivity contribution in [3.63, 3.8) is 0 Å². The standard InChI is InChI=1S/C23H27N11O4/c24-33-30-16-9-7-15(8-10-16)11-19(34(25)14-18-4-2-6-21(29-18)23(36)32-38)13-27-26-12-17-3-1-5-20(28-17)22(35)31-37/h1-10,17,19,21,28-29H,11-14,25H2,(H2,24,30). The van der Waals surface area contributed by atoms with Crippen molar-refractivity contribution in [1.82, 2.24) is 15.6 Å². The molecule has 38 heavy (non-hydrogen) atoms. The smallest absolute Gasteiger partial charge is 0.332 e. The zero-order valence-electron chi connectivity index (χ0n) is 20.3. The van der Waals surface area contributed by atoms with Gasteiger partial charge in [-0.3, -0.25) is 15.4 Å². The molecule has 1 aromatic carbocycles. The summed E-state index contributed by atoms with van der Waals surface area (Å²) in [6.45, 7) is 0.681. The van der Waals surface area contributed by atoms with Crippen molar-refractivity contribution in [1.29, 1.82) is 0 Å². The molecule has 3 atom stereocenters. The Kier molecular flexibility index (Phi) is 10.3. The van der Waals surface area contributed by atoms with Gasteiger partial charge in [0, 0.05) is 22.1 Å². The number of nitrogens with zero attached hydrogens (tertiary/aromatic N) is 7. The summed E-state index contributed by atoms with van der Waals surface area (Å²) in [7, 11) is 0. The summed E-state index contributed by atoms with van der Waals surface area (Å²) >= 11 is 0. The van der Waals surface area contributed by atoms with Crippen LogP contribution < -0.4 is 22.3 Å². The first kappa shape index (κ1) is 27.8. The van der Waals surface area contributed by atoms with Gasteiger partial charge in [0.15, 0.2) is 0 Å². The highest BCUT2D eigenvalue weighted by Gasteiger charge is 2.23. The number of allylic oxidation sites excluding steroid dienone is 4. The minimum absolute atomic E-state index is 0.0928. The monoisotopic (exact) mass is 521 g/mol. The zero-order valence-corrected chi connectivity index (χ0v) is 20.3. The van der Waals surface area contributed by atoms with Crippen LogP contribution in [0.2, 0.25) is 0 Å². The number of hydrogen-bond donors (Lipinski definition) is 4. The van der Waals surface area contributed by atoms with Gasteiger partial charge in [-0.2, -0.15) is 10.2 Å². The van der Waals surface area contributed by atoms with Gasteiger partial charge in [0.05, 0.1) is 31.4 Å². The van der Waals surface area contributed by atoms with Crippen LogP contribution in [-0.4, -0.2) is 54.6 Å². The number of nitrogens with one attached hydrogen (secondary N) is 2. The van der Waals surface area contributed by atoms with Crippen LogP contribution in [-0.2, 0) is 16.0 Å². The predicted molar refractivity (Wildman–Crippen MR) is 138 cm³/mol. The normalized spacial score (nSPS) is 19.5. The lowest BCUT2D eigenvalue weighted by Crippen LogP contribution is -2.48. The Labute approximate surface area is 217 Å². The van der Waals surface area contributed by atoms with E-state index in [1.807, 2.05) is 12.1 Å². The lowest BCUT2D eigenvalue weighted by molar-refractivity contribution is -0.118. The van der Waals surface area contributed by atoms with Crippen molar-refractivity contribution in [3.8, 4) is 0 Å². The molecule has 15 nitrogen and oxygen atoms in total. The molecular formula is C23H27N11O4. The molecule has 1 aromatic rings. The lowest BCUT2D eigenvalue weighted by Gasteiger charge is -2.29. The molecule has 0 spiro atoms. The molecule has 3 unspecified atom stereocenters. The number of carbonyl (C=O) groups excluding carboxylic acids is 2. The van der Waals surface area contributed by atoms with Crippen molar-refractivity contribution >= 4 is 17.5 Å². The van der Waals surface area contributed by atoms with Gasteiger partial charge in [0.2, 0.25) is 0 Å². The SMILES string of the molecule is NN=Nc1ccc(CC(CN=NCC2C=CC=C(C(=O)N=O)N2)N(N)CC2=CC=CC(C(=O)N=O)N2)cc1. The number of amides is 2. The molecule has 2 aliphatic heterocycles. The van der Waals surface area contributed by atoms with Gasteiger partial charge in [-0.15, -0.1) is 14.9 Å². The van der Waals surface area contributed by atoms with E-state index in [9.17, 15) is 19.4 Å². The van der Waals surface area contributed by atoms with E-state index in [0.717, 1.165) is 5.56 Å². The van der Waals surface area contributed by atoms with Crippen molar-refractivity contribution in [2.24, 2.45) is 42.6 Å². The number of benzene rings is 1. The van der Waals surface area contributed by atoms with Gasteiger partial charge in [-0.05, 0) is 36.3 Å². The first-order chi connectivity index (χ1) is 18.4. The molecule has 0 radical (unpaired) electrons. The van der Waals surface area contributed by atoms with Crippen LogP contribution >= 0.6 is 0 Å².